The molecule has 0 aromatic heterocycles. The maximum Gasteiger partial charge on any atom is 0.251 e. The van der Waals surface area contributed by atoms with E-state index in [2.05, 4.69) is 5.32 Å². The molecular weight excluding hydrogens is 370 g/mol. The predicted molar refractivity (Wildman–Crippen MR) is 110 cm³/mol. The molecule has 0 fully saturated rings. The van der Waals surface area contributed by atoms with Gasteiger partial charge in [-0.3, -0.25) is 14.8 Å². The van der Waals surface area contributed by atoms with Crippen LogP contribution in [0.5, 0.6) is 0 Å². The third kappa shape index (κ3) is 7.28. The van der Waals surface area contributed by atoms with E-state index in [0.29, 0.717) is 17.7 Å². The number of hydroxylamine groups is 1. The number of rotatable bonds is 9. The summed E-state index contributed by atoms with van der Waals surface area (Å²) in [6.07, 6.45) is 1.93. The number of amides is 2. The Bertz CT molecular complexity index is 837. The molecule has 1 atom stereocenters. The fraction of sp³-hybridized carbons (Fsp3) is 0.238. The van der Waals surface area contributed by atoms with Gasteiger partial charge in [0.1, 0.15) is 0 Å². The minimum Gasteiger partial charge on any atom is -0.399 e. The van der Waals surface area contributed by atoms with E-state index in [0.717, 1.165) is 11.1 Å². The summed E-state index contributed by atoms with van der Waals surface area (Å²) in [6, 6.07) is 16.3. The molecule has 2 aromatic rings. The van der Waals surface area contributed by atoms with Gasteiger partial charge in [-0.2, -0.15) is 0 Å². The molecule has 0 bridgehead atoms. The molecule has 0 aliphatic heterocycles. The second-order valence-corrected chi connectivity index (χ2v) is 6.78. The summed E-state index contributed by atoms with van der Waals surface area (Å²) < 4.78 is 0. The normalized spacial score (nSPS) is 12.2. The Balaban J connectivity index is 2.00. The van der Waals surface area contributed by atoms with Crippen LogP contribution in [-0.2, 0) is 11.2 Å². The highest BCUT2D eigenvalue weighted by atomic mass is 16.5. The molecule has 7 N–H and O–H groups in total. The maximum atomic E-state index is 12.2. The molecular formula is C21H27N5O3. The first-order chi connectivity index (χ1) is 13.9. The number of hydrazine groups is 1. The van der Waals surface area contributed by atoms with E-state index >= 15 is 0 Å². The van der Waals surface area contributed by atoms with Gasteiger partial charge in [0.05, 0.1) is 19.0 Å². The molecule has 0 heterocycles. The van der Waals surface area contributed by atoms with Gasteiger partial charge in [0, 0.05) is 17.5 Å². The predicted octanol–water partition coefficient (Wildman–Crippen LogP) is 1.21. The Morgan fingerprint density at radius 3 is 2.41 bits per heavy atom. The van der Waals surface area contributed by atoms with Crippen LogP contribution in [0.15, 0.2) is 66.5 Å². The molecule has 2 aromatic carbocycles. The molecule has 8 heteroatoms. The molecule has 0 saturated carbocycles. The molecule has 154 valence electrons. The van der Waals surface area contributed by atoms with Crippen LogP contribution in [0.4, 0.5) is 0 Å². The lowest BCUT2D eigenvalue weighted by Gasteiger charge is -2.26. The van der Waals surface area contributed by atoms with E-state index in [1.54, 1.807) is 17.6 Å². The van der Waals surface area contributed by atoms with Gasteiger partial charge in [-0.15, -0.1) is 0 Å². The zero-order chi connectivity index (χ0) is 21.2. The number of nitrogens with one attached hydrogen (secondary N) is 2. The zero-order valence-electron chi connectivity index (χ0n) is 16.3. The van der Waals surface area contributed by atoms with Crippen molar-refractivity contribution in [2.24, 2.45) is 11.6 Å². The molecule has 0 aliphatic rings. The lowest BCUT2D eigenvalue weighted by Crippen LogP contribution is -2.42. The summed E-state index contributed by atoms with van der Waals surface area (Å²) in [6.45, 7) is 2.05. The fourth-order valence-electron chi connectivity index (χ4n) is 2.76. The van der Waals surface area contributed by atoms with Gasteiger partial charge in [0.2, 0.25) is 5.91 Å². The first-order valence-electron chi connectivity index (χ1n) is 9.20. The maximum absolute atomic E-state index is 12.2. The van der Waals surface area contributed by atoms with E-state index in [4.69, 9.17) is 16.8 Å². The third-order valence-electron chi connectivity index (χ3n) is 4.36. The van der Waals surface area contributed by atoms with Gasteiger partial charge in [0.25, 0.3) is 5.91 Å². The van der Waals surface area contributed by atoms with Crippen molar-refractivity contribution in [3.8, 4) is 0 Å². The standard InChI is InChI=1S/C21H27N5O3/c1-15-7-9-17(10-8-15)21(28)24-13-18(22)14-26(23)19(12-20(27)25-29)11-16-5-3-2-4-6-16/h2-10,14,19,29H,11-13,22-23H2,1H3,(H,24,28)(H,25,27)/b18-14-. The zero-order valence-corrected chi connectivity index (χ0v) is 16.3. The van der Waals surface area contributed by atoms with Crippen molar-refractivity contribution in [3.05, 3.63) is 83.2 Å². The summed E-state index contributed by atoms with van der Waals surface area (Å²) in [7, 11) is 0. The largest absolute Gasteiger partial charge is 0.399 e. The summed E-state index contributed by atoms with van der Waals surface area (Å²) in [4.78, 5) is 23.8. The van der Waals surface area contributed by atoms with Crippen LogP contribution in [0, 0.1) is 6.92 Å². The minimum absolute atomic E-state index is 0.0264. The lowest BCUT2D eigenvalue weighted by atomic mass is 10.0. The molecule has 0 spiro atoms. The van der Waals surface area contributed by atoms with Crippen molar-refractivity contribution >= 4 is 11.8 Å². The van der Waals surface area contributed by atoms with Gasteiger partial charge in [0.15, 0.2) is 0 Å². The van der Waals surface area contributed by atoms with Crippen molar-refractivity contribution in [1.29, 1.82) is 0 Å². The smallest absolute Gasteiger partial charge is 0.251 e. The average molecular weight is 397 g/mol. The van der Waals surface area contributed by atoms with E-state index in [1.165, 1.54) is 11.2 Å². The molecule has 0 aliphatic carbocycles. The highest BCUT2D eigenvalue weighted by molar-refractivity contribution is 5.94. The van der Waals surface area contributed by atoms with Crippen molar-refractivity contribution in [1.82, 2.24) is 15.8 Å². The molecule has 29 heavy (non-hydrogen) atoms. The number of nitrogens with zero attached hydrogens (tertiary/aromatic N) is 1. The number of benzene rings is 2. The van der Waals surface area contributed by atoms with Gasteiger partial charge in [-0.05, 0) is 31.0 Å². The van der Waals surface area contributed by atoms with Gasteiger partial charge in [-0.25, -0.2) is 11.3 Å². The Kier molecular flexibility index (Phi) is 8.20. The van der Waals surface area contributed by atoms with Gasteiger partial charge in [-0.1, -0.05) is 48.0 Å². The summed E-state index contributed by atoms with van der Waals surface area (Å²) >= 11 is 0. The monoisotopic (exact) mass is 397 g/mol. The van der Waals surface area contributed by atoms with Crippen LogP contribution in [0.3, 0.4) is 0 Å². The Morgan fingerprint density at radius 2 is 1.79 bits per heavy atom. The van der Waals surface area contributed by atoms with Crippen LogP contribution < -0.4 is 22.4 Å². The van der Waals surface area contributed by atoms with E-state index in [9.17, 15) is 9.59 Å². The van der Waals surface area contributed by atoms with Crippen LogP contribution >= 0.6 is 0 Å². The Hall–Kier alpha value is -3.36. The van der Waals surface area contributed by atoms with Crippen LogP contribution in [0.25, 0.3) is 0 Å². The topological polar surface area (TPSA) is 134 Å². The lowest BCUT2D eigenvalue weighted by molar-refractivity contribution is -0.130. The molecule has 2 amide bonds. The van der Waals surface area contributed by atoms with E-state index in [1.807, 2.05) is 49.4 Å². The van der Waals surface area contributed by atoms with Crippen LogP contribution in [0.1, 0.15) is 27.9 Å². The number of hydrogen-bond donors (Lipinski definition) is 5. The second kappa shape index (κ2) is 10.8. The highest BCUT2D eigenvalue weighted by Crippen LogP contribution is 2.11. The Morgan fingerprint density at radius 1 is 1.14 bits per heavy atom. The average Bonchev–Trinajstić information content (AvgIpc) is 2.72. The van der Waals surface area contributed by atoms with E-state index < -0.39 is 11.9 Å². The number of nitrogens with two attached hydrogens (primary N) is 2. The van der Waals surface area contributed by atoms with Crippen LogP contribution in [0.2, 0.25) is 0 Å². The third-order valence-corrected chi connectivity index (χ3v) is 4.36. The van der Waals surface area contributed by atoms with E-state index in [-0.39, 0.29) is 18.9 Å². The first kappa shape index (κ1) is 21.9. The van der Waals surface area contributed by atoms with Crippen molar-refractivity contribution in [2.75, 3.05) is 6.54 Å². The Labute approximate surface area is 170 Å². The van der Waals surface area contributed by atoms with Crippen molar-refractivity contribution in [3.63, 3.8) is 0 Å². The SMILES string of the molecule is Cc1ccc(C(=O)NC/C(N)=C/N(N)C(CC(=O)NO)Cc2ccccc2)cc1. The van der Waals surface area contributed by atoms with Crippen LogP contribution in [-0.4, -0.2) is 34.6 Å². The number of carbonyl (C=O) groups excluding carboxylic acids is 2. The molecule has 0 radical (unpaired) electrons. The minimum atomic E-state index is -0.555. The molecule has 1 unspecified atom stereocenters. The number of carbonyl (C=O) groups is 2. The summed E-state index contributed by atoms with van der Waals surface area (Å²) in [5.74, 6) is 5.31. The van der Waals surface area contributed by atoms with Crippen molar-refractivity contribution in [2.45, 2.75) is 25.8 Å². The fourth-order valence-corrected chi connectivity index (χ4v) is 2.76. The van der Waals surface area contributed by atoms with Gasteiger partial charge >= 0.3 is 0 Å². The van der Waals surface area contributed by atoms with Crippen molar-refractivity contribution < 1.29 is 14.8 Å². The quantitative estimate of drug-likeness (QED) is 0.245. The van der Waals surface area contributed by atoms with Gasteiger partial charge < -0.3 is 16.1 Å². The molecule has 2 rings (SSSR count). The second-order valence-electron chi connectivity index (χ2n) is 6.78. The molecule has 0 saturated heterocycles. The summed E-state index contributed by atoms with van der Waals surface area (Å²) in [5.41, 5.74) is 10.5. The molecule has 8 nitrogen and oxygen atoms in total. The number of hydrogen-bond acceptors (Lipinski definition) is 6. The summed E-state index contributed by atoms with van der Waals surface area (Å²) in [5, 5.41) is 12.9. The highest BCUT2D eigenvalue weighted by Gasteiger charge is 2.18. The number of aryl methyl sites for hydroxylation is 1. The first-order valence-corrected chi connectivity index (χ1v) is 9.20.